The van der Waals surface area contributed by atoms with Crippen LogP contribution in [-0.2, 0) is 4.74 Å². The predicted octanol–water partition coefficient (Wildman–Crippen LogP) is 4.13. The average Bonchev–Trinajstić information content (AvgIpc) is 3.34. The SMILES string of the molecule is Cc1ccc(NC(=O)c2ccnc(C(F)F)c2)cc1-c1cc(N2CCOCC2)n2nccc2n1. The lowest BCUT2D eigenvalue weighted by Gasteiger charge is -2.29. The summed E-state index contributed by atoms with van der Waals surface area (Å²) in [6, 6.07) is 11.8. The van der Waals surface area contributed by atoms with E-state index in [1.165, 1.54) is 12.3 Å². The summed E-state index contributed by atoms with van der Waals surface area (Å²) < 4.78 is 33.2. The molecule has 4 aromatic rings. The standard InChI is InChI=1S/C24H22F2N6O2/c1-15-2-3-17(29-24(33)16-4-6-27-20(12-16)23(25)26)13-18(15)19-14-22(31-8-10-34-11-9-31)32-21(30-19)5-7-28-32/h2-7,12-14,23H,8-11H2,1H3,(H,29,33). The Balaban J connectivity index is 1.48. The van der Waals surface area contributed by atoms with Crippen molar-refractivity contribution in [3.63, 3.8) is 0 Å². The molecule has 1 aromatic carbocycles. The molecule has 8 nitrogen and oxygen atoms in total. The molecule has 1 fully saturated rings. The summed E-state index contributed by atoms with van der Waals surface area (Å²) in [5, 5.41) is 7.21. The Morgan fingerprint density at radius 2 is 1.91 bits per heavy atom. The van der Waals surface area contributed by atoms with Crippen LogP contribution in [0.2, 0.25) is 0 Å². The molecule has 0 atom stereocenters. The number of rotatable bonds is 5. The van der Waals surface area contributed by atoms with Crippen molar-refractivity contribution in [3.05, 3.63) is 71.7 Å². The van der Waals surface area contributed by atoms with Crippen LogP contribution in [0, 0.1) is 6.92 Å². The van der Waals surface area contributed by atoms with Crippen molar-refractivity contribution >= 4 is 23.1 Å². The fraction of sp³-hybridized carbons (Fsp3) is 0.250. The summed E-state index contributed by atoms with van der Waals surface area (Å²) in [6.07, 6.45) is 0.167. The molecule has 3 aromatic heterocycles. The third-order valence-corrected chi connectivity index (χ3v) is 5.71. The number of benzene rings is 1. The number of nitrogens with zero attached hydrogens (tertiary/aromatic N) is 5. The highest BCUT2D eigenvalue weighted by Crippen LogP contribution is 2.30. The van der Waals surface area contributed by atoms with Crippen molar-refractivity contribution in [2.45, 2.75) is 13.3 Å². The monoisotopic (exact) mass is 464 g/mol. The molecular weight excluding hydrogens is 442 g/mol. The van der Waals surface area contributed by atoms with Gasteiger partial charge in [0, 0.05) is 48.2 Å². The van der Waals surface area contributed by atoms with Gasteiger partial charge >= 0.3 is 0 Å². The third kappa shape index (κ3) is 4.32. The Kier molecular flexibility index (Phi) is 5.89. The van der Waals surface area contributed by atoms with Gasteiger partial charge in [-0.2, -0.15) is 9.61 Å². The van der Waals surface area contributed by atoms with Gasteiger partial charge in [-0.25, -0.2) is 13.8 Å². The highest BCUT2D eigenvalue weighted by molar-refractivity contribution is 6.04. The fourth-order valence-electron chi connectivity index (χ4n) is 3.94. The highest BCUT2D eigenvalue weighted by Gasteiger charge is 2.19. The van der Waals surface area contributed by atoms with Crippen LogP contribution in [0.5, 0.6) is 0 Å². The summed E-state index contributed by atoms with van der Waals surface area (Å²) in [6.45, 7) is 4.75. The normalized spacial score (nSPS) is 14.1. The minimum absolute atomic E-state index is 0.112. The fourth-order valence-corrected chi connectivity index (χ4v) is 3.94. The smallest absolute Gasteiger partial charge is 0.280 e. The van der Waals surface area contributed by atoms with Gasteiger partial charge < -0.3 is 15.0 Å². The van der Waals surface area contributed by atoms with Crippen molar-refractivity contribution < 1.29 is 18.3 Å². The van der Waals surface area contributed by atoms with E-state index in [0.717, 1.165) is 41.8 Å². The number of morpholine rings is 1. The predicted molar refractivity (Wildman–Crippen MR) is 123 cm³/mol. The van der Waals surface area contributed by atoms with Crippen LogP contribution in [0.25, 0.3) is 16.9 Å². The molecule has 5 rings (SSSR count). The van der Waals surface area contributed by atoms with Crippen molar-refractivity contribution in [1.29, 1.82) is 0 Å². The van der Waals surface area contributed by atoms with E-state index in [-0.39, 0.29) is 5.56 Å². The van der Waals surface area contributed by atoms with Gasteiger partial charge in [-0.05, 0) is 36.8 Å². The van der Waals surface area contributed by atoms with Gasteiger partial charge in [-0.1, -0.05) is 6.07 Å². The summed E-state index contributed by atoms with van der Waals surface area (Å²) >= 11 is 0. The van der Waals surface area contributed by atoms with Crippen LogP contribution in [0.4, 0.5) is 20.3 Å². The van der Waals surface area contributed by atoms with Crippen LogP contribution in [0.1, 0.15) is 28.0 Å². The second-order valence-electron chi connectivity index (χ2n) is 7.95. The zero-order valence-corrected chi connectivity index (χ0v) is 18.4. The lowest BCUT2D eigenvalue weighted by atomic mass is 10.0. The van der Waals surface area contributed by atoms with E-state index < -0.39 is 18.0 Å². The Bertz CT molecular complexity index is 1350. The lowest BCUT2D eigenvalue weighted by Crippen LogP contribution is -2.37. The molecule has 1 saturated heterocycles. The topological polar surface area (TPSA) is 84.7 Å². The van der Waals surface area contributed by atoms with Crippen LogP contribution in [-0.4, -0.2) is 51.8 Å². The quantitative estimate of drug-likeness (QED) is 0.478. The minimum atomic E-state index is -2.75. The van der Waals surface area contributed by atoms with Gasteiger partial charge in [0.25, 0.3) is 12.3 Å². The first kappa shape index (κ1) is 21.9. The van der Waals surface area contributed by atoms with Gasteiger partial charge in [-0.15, -0.1) is 0 Å². The number of pyridine rings is 1. The van der Waals surface area contributed by atoms with E-state index in [2.05, 4.69) is 20.3 Å². The van der Waals surface area contributed by atoms with E-state index in [4.69, 9.17) is 9.72 Å². The van der Waals surface area contributed by atoms with Gasteiger partial charge in [0.15, 0.2) is 5.65 Å². The number of nitrogens with one attached hydrogen (secondary N) is 1. The number of ether oxygens (including phenoxy) is 1. The number of carbonyl (C=O) groups is 1. The summed E-state index contributed by atoms with van der Waals surface area (Å²) in [5.41, 5.74) is 3.48. The lowest BCUT2D eigenvalue weighted by molar-refractivity contribution is 0.102. The molecule has 1 N–H and O–H groups in total. The maximum Gasteiger partial charge on any atom is 0.280 e. The van der Waals surface area contributed by atoms with Gasteiger partial charge in [0.05, 0.1) is 25.1 Å². The van der Waals surface area contributed by atoms with Crippen molar-refractivity contribution in [1.82, 2.24) is 19.6 Å². The first-order valence-electron chi connectivity index (χ1n) is 10.8. The molecule has 0 spiro atoms. The number of hydrogen-bond acceptors (Lipinski definition) is 6. The zero-order chi connectivity index (χ0) is 23.7. The molecule has 0 bridgehead atoms. The first-order valence-corrected chi connectivity index (χ1v) is 10.8. The van der Waals surface area contributed by atoms with Gasteiger partial charge in [0.2, 0.25) is 0 Å². The van der Waals surface area contributed by atoms with E-state index in [0.29, 0.717) is 24.5 Å². The number of aryl methyl sites for hydroxylation is 1. The number of aromatic nitrogens is 4. The molecule has 1 amide bonds. The number of carbonyl (C=O) groups excluding carboxylic acids is 1. The molecule has 10 heteroatoms. The molecule has 0 radical (unpaired) electrons. The van der Waals surface area contributed by atoms with E-state index in [1.54, 1.807) is 16.8 Å². The Hall–Kier alpha value is -3.92. The largest absolute Gasteiger partial charge is 0.378 e. The Morgan fingerprint density at radius 1 is 1.09 bits per heavy atom. The number of anilines is 2. The van der Waals surface area contributed by atoms with Crippen molar-refractivity contribution in [3.8, 4) is 11.3 Å². The second kappa shape index (κ2) is 9.14. The molecule has 0 aliphatic carbocycles. The first-order chi connectivity index (χ1) is 16.5. The molecule has 34 heavy (non-hydrogen) atoms. The molecule has 1 aliphatic rings. The van der Waals surface area contributed by atoms with Crippen LogP contribution in [0.15, 0.2) is 54.9 Å². The third-order valence-electron chi connectivity index (χ3n) is 5.71. The number of amides is 1. The highest BCUT2D eigenvalue weighted by atomic mass is 19.3. The molecule has 1 aliphatic heterocycles. The van der Waals surface area contributed by atoms with E-state index in [9.17, 15) is 13.6 Å². The summed E-state index contributed by atoms with van der Waals surface area (Å²) in [5.74, 6) is 0.422. The van der Waals surface area contributed by atoms with Crippen molar-refractivity contribution in [2.24, 2.45) is 0 Å². The van der Waals surface area contributed by atoms with Crippen LogP contribution < -0.4 is 10.2 Å². The molecule has 4 heterocycles. The van der Waals surface area contributed by atoms with Gasteiger partial charge in [-0.3, -0.25) is 9.78 Å². The minimum Gasteiger partial charge on any atom is -0.378 e. The maximum absolute atomic E-state index is 13.0. The van der Waals surface area contributed by atoms with Crippen LogP contribution in [0.3, 0.4) is 0 Å². The molecule has 0 unspecified atom stereocenters. The van der Waals surface area contributed by atoms with E-state index in [1.807, 2.05) is 31.2 Å². The number of fused-ring (bicyclic) bond motifs is 1. The summed E-state index contributed by atoms with van der Waals surface area (Å²) in [7, 11) is 0. The Morgan fingerprint density at radius 3 is 2.71 bits per heavy atom. The number of halogens is 2. The Labute approximate surface area is 194 Å². The average molecular weight is 464 g/mol. The second-order valence-corrected chi connectivity index (χ2v) is 7.95. The summed E-state index contributed by atoms with van der Waals surface area (Å²) in [4.78, 5) is 23.3. The maximum atomic E-state index is 13.0. The molecule has 174 valence electrons. The van der Waals surface area contributed by atoms with E-state index >= 15 is 0 Å². The number of alkyl halides is 2. The van der Waals surface area contributed by atoms with Crippen molar-refractivity contribution in [2.75, 3.05) is 36.5 Å². The van der Waals surface area contributed by atoms with Gasteiger partial charge in [0.1, 0.15) is 11.5 Å². The molecular formula is C24H22F2N6O2. The molecule has 0 saturated carbocycles. The number of hydrogen-bond donors (Lipinski definition) is 1. The van der Waals surface area contributed by atoms with Crippen LogP contribution >= 0.6 is 0 Å². The zero-order valence-electron chi connectivity index (χ0n) is 18.4.